The summed E-state index contributed by atoms with van der Waals surface area (Å²) in [6.45, 7) is 1.54. The lowest BCUT2D eigenvalue weighted by Crippen LogP contribution is -2.37. The van der Waals surface area contributed by atoms with Crippen LogP contribution in [-0.2, 0) is 9.59 Å². The number of carbonyl (C=O) groups is 2. The van der Waals surface area contributed by atoms with Crippen molar-refractivity contribution in [2.45, 2.75) is 31.7 Å². The normalized spacial score (nSPS) is 18.8. The first kappa shape index (κ1) is 24.4. The maximum atomic E-state index is 14.0. The Bertz CT molecular complexity index is 1380. The molecule has 3 aromatic rings. The van der Waals surface area contributed by atoms with Crippen LogP contribution in [0.2, 0.25) is 0 Å². The van der Waals surface area contributed by atoms with Crippen LogP contribution in [0.3, 0.4) is 0 Å². The maximum absolute atomic E-state index is 14.0. The molecule has 0 saturated heterocycles. The molecule has 1 heterocycles. The zero-order chi connectivity index (χ0) is 26.1. The number of allylic oxidation sites excluding steroid dienone is 1. The van der Waals surface area contributed by atoms with Gasteiger partial charge in [-0.3, -0.25) is 14.5 Å². The summed E-state index contributed by atoms with van der Waals surface area (Å²) in [5, 5.41) is 3.53. The highest BCUT2D eigenvalue weighted by atomic mass is 16.5. The van der Waals surface area contributed by atoms with Crippen molar-refractivity contribution >= 4 is 23.1 Å². The van der Waals surface area contributed by atoms with Crippen molar-refractivity contribution in [1.29, 1.82) is 0 Å². The number of benzene rings is 3. The van der Waals surface area contributed by atoms with E-state index in [9.17, 15) is 9.59 Å². The molecule has 1 aliphatic heterocycles. The fourth-order valence-corrected chi connectivity index (χ4v) is 5.38. The molecule has 0 saturated carbocycles. The van der Waals surface area contributed by atoms with Crippen molar-refractivity contribution in [3.05, 3.63) is 89.1 Å². The first-order valence-corrected chi connectivity index (χ1v) is 12.2. The van der Waals surface area contributed by atoms with Crippen LogP contribution in [0, 0.1) is 0 Å². The Kier molecular flexibility index (Phi) is 6.61. The standard InChI is InChI=1S/C30H30N2O5/c1-18(33)32-25-8-6-5-7-23(25)31-24-15-21(20-11-14-27(36-3)28(17-20)37-4)16-26(34)29(24)30(32)19-9-12-22(35-2)13-10-19/h5-14,17,21,30-31H,15-16H2,1-4H3/t21-,30-/m1/s1. The van der Waals surface area contributed by atoms with Crippen LogP contribution in [0.4, 0.5) is 11.4 Å². The summed E-state index contributed by atoms with van der Waals surface area (Å²) >= 11 is 0. The zero-order valence-corrected chi connectivity index (χ0v) is 21.4. The summed E-state index contributed by atoms with van der Waals surface area (Å²) < 4.78 is 16.3. The molecule has 2 aliphatic rings. The lowest BCUT2D eigenvalue weighted by atomic mass is 9.78. The summed E-state index contributed by atoms with van der Waals surface area (Å²) in [5.74, 6) is 1.80. The van der Waals surface area contributed by atoms with Crippen LogP contribution < -0.4 is 24.4 Å². The molecule has 37 heavy (non-hydrogen) atoms. The van der Waals surface area contributed by atoms with Gasteiger partial charge in [-0.05, 0) is 59.9 Å². The Labute approximate surface area is 216 Å². The molecular formula is C30H30N2O5. The number of methoxy groups -OCH3 is 3. The summed E-state index contributed by atoms with van der Waals surface area (Å²) in [6, 6.07) is 20.5. The Balaban J connectivity index is 1.65. The van der Waals surface area contributed by atoms with Crippen LogP contribution in [0.25, 0.3) is 0 Å². The molecule has 7 nitrogen and oxygen atoms in total. The minimum absolute atomic E-state index is 0.00779. The second-order valence-corrected chi connectivity index (χ2v) is 9.24. The highest BCUT2D eigenvalue weighted by Gasteiger charge is 2.40. The molecule has 2 atom stereocenters. The number of amides is 1. The number of nitrogens with zero attached hydrogens (tertiary/aromatic N) is 1. The number of fused-ring (bicyclic) bond motifs is 1. The van der Waals surface area contributed by atoms with Crippen molar-refractivity contribution < 1.29 is 23.8 Å². The number of nitrogens with one attached hydrogen (secondary N) is 1. The van der Waals surface area contributed by atoms with E-state index in [-0.39, 0.29) is 17.6 Å². The molecule has 1 aliphatic carbocycles. The first-order chi connectivity index (χ1) is 17.9. The van der Waals surface area contributed by atoms with Gasteiger partial charge in [0.1, 0.15) is 5.75 Å². The number of rotatable bonds is 5. The molecule has 190 valence electrons. The highest BCUT2D eigenvalue weighted by Crippen LogP contribution is 2.48. The third-order valence-electron chi connectivity index (χ3n) is 7.14. The van der Waals surface area contributed by atoms with E-state index in [0.29, 0.717) is 35.7 Å². The minimum Gasteiger partial charge on any atom is -0.497 e. The van der Waals surface area contributed by atoms with Crippen molar-refractivity contribution in [3.63, 3.8) is 0 Å². The number of para-hydroxylation sites is 2. The van der Waals surface area contributed by atoms with Crippen LogP contribution in [-0.4, -0.2) is 33.0 Å². The van der Waals surface area contributed by atoms with Gasteiger partial charge in [0.2, 0.25) is 5.91 Å². The third kappa shape index (κ3) is 4.42. The van der Waals surface area contributed by atoms with Gasteiger partial charge in [-0.2, -0.15) is 0 Å². The van der Waals surface area contributed by atoms with E-state index >= 15 is 0 Å². The lowest BCUT2D eigenvalue weighted by Gasteiger charge is -2.34. The summed E-state index contributed by atoms with van der Waals surface area (Å²) in [4.78, 5) is 28.8. The van der Waals surface area contributed by atoms with Crippen LogP contribution >= 0.6 is 0 Å². The van der Waals surface area contributed by atoms with E-state index < -0.39 is 6.04 Å². The number of hydrogen-bond acceptors (Lipinski definition) is 6. The van der Waals surface area contributed by atoms with E-state index in [2.05, 4.69) is 5.32 Å². The predicted molar refractivity (Wildman–Crippen MR) is 143 cm³/mol. The van der Waals surface area contributed by atoms with E-state index in [1.165, 1.54) is 0 Å². The monoisotopic (exact) mass is 498 g/mol. The second-order valence-electron chi connectivity index (χ2n) is 9.24. The molecule has 1 amide bonds. The smallest absolute Gasteiger partial charge is 0.224 e. The summed E-state index contributed by atoms with van der Waals surface area (Å²) in [6.07, 6.45) is 0.939. The molecule has 0 aromatic heterocycles. The van der Waals surface area contributed by atoms with E-state index in [0.717, 1.165) is 28.2 Å². The molecule has 1 N–H and O–H groups in total. The largest absolute Gasteiger partial charge is 0.497 e. The topological polar surface area (TPSA) is 77.1 Å². The van der Waals surface area contributed by atoms with Gasteiger partial charge in [0.15, 0.2) is 17.3 Å². The highest BCUT2D eigenvalue weighted by molar-refractivity contribution is 6.06. The van der Waals surface area contributed by atoms with Crippen molar-refractivity contribution in [2.75, 3.05) is 31.5 Å². The molecule has 5 rings (SSSR count). The number of carbonyl (C=O) groups excluding carboxylic acids is 2. The molecule has 0 fully saturated rings. The summed E-state index contributed by atoms with van der Waals surface area (Å²) in [7, 11) is 4.82. The Hall–Kier alpha value is -4.26. The molecule has 0 spiro atoms. The number of ketones is 1. The average Bonchev–Trinajstić information content (AvgIpc) is 3.07. The van der Waals surface area contributed by atoms with Gasteiger partial charge in [0.05, 0.1) is 38.7 Å². The van der Waals surface area contributed by atoms with Gasteiger partial charge in [-0.25, -0.2) is 0 Å². The molecular weight excluding hydrogens is 468 g/mol. The Morgan fingerprint density at radius 2 is 1.57 bits per heavy atom. The molecule has 3 aromatic carbocycles. The fraction of sp³-hybridized carbons (Fsp3) is 0.267. The van der Waals surface area contributed by atoms with Gasteiger partial charge in [-0.1, -0.05) is 30.3 Å². The molecule has 0 bridgehead atoms. The van der Waals surface area contributed by atoms with Crippen molar-refractivity contribution in [2.24, 2.45) is 0 Å². The van der Waals surface area contributed by atoms with Crippen LogP contribution in [0.1, 0.15) is 42.9 Å². The van der Waals surface area contributed by atoms with E-state index in [1.54, 1.807) is 33.2 Å². The predicted octanol–water partition coefficient (Wildman–Crippen LogP) is 5.63. The van der Waals surface area contributed by atoms with Gasteiger partial charge in [0, 0.05) is 24.6 Å². The average molecular weight is 499 g/mol. The quantitative estimate of drug-likeness (QED) is 0.491. The summed E-state index contributed by atoms with van der Waals surface area (Å²) in [5.41, 5.74) is 4.82. The fourth-order valence-electron chi connectivity index (χ4n) is 5.38. The third-order valence-corrected chi connectivity index (χ3v) is 7.14. The van der Waals surface area contributed by atoms with Crippen LogP contribution in [0.5, 0.6) is 17.2 Å². The molecule has 7 heteroatoms. The van der Waals surface area contributed by atoms with Gasteiger partial charge in [0.25, 0.3) is 0 Å². The van der Waals surface area contributed by atoms with Gasteiger partial charge < -0.3 is 19.5 Å². The SMILES string of the molecule is COc1ccc([C@@H]2C3=C(C[C@@H](c4ccc(OC)c(OC)c4)CC3=O)Nc3ccccc3N2C(C)=O)cc1. The van der Waals surface area contributed by atoms with E-state index in [1.807, 2.05) is 66.7 Å². The number of hydrogen-bond donors (Lipinski definition) is 1. The van der Waals surface area contributed by atoms with Crippen molar-refractivity contribution in [1.82, 2.24) is 0 Å². The molecule has 0 radical (unpaired) electrons. The van der Waals surface area contributed by atoms with E-state index in [4.69, 9.17) is 14.2 Å². The molecule has 0 unspecified atom stereocenters. The lowest BCUT2D eigenvalue weighted by molar-refractivity contribution is -0.117. The second kappa shape index (κ2) is 10.0. The number of anilines is 2. The maximum Gasteiger partial charge on any atom is 0.224 e. The minimum atomic E-state index is -0.562. The first-order valence-electron chi connectivity index (χ1n) is 12.2. The Morgan fingerprint density at radius 3 is 2.24 bits per heavy atom. The Morgan fingerprint density at radius 1 is 0.865 bits per heavy atom. The van der Waals surface area contributed by atoms with Crippen molar-refractivity contribution in [3.8, 4) is 17.2 Å². The van der Waals surface area contributed by atoms with Crippen LogP contribution in [0.15, 0.2) is 78.0 Å². The zero-order valence-electron chi connectivity index (χ0n) is 21.4. The van der Waals surface area contributed by atoms with Gasteiger partial charge in [-0.15, -0.1) is 0 Å². The van der Waals surface area contributed by atoms with Gasteiger partial charge >= 0.3 is 0 Å². The number of Topliss-reactive ketones (excluding diaryl/α,β-unsaturated/α-hetero) is 1. The number of ether oxygens (including phenoxy) is 3.